The quantitative estimate of drug-likeness (QED) is 0.0262. The summed E-state index contributed by atoms with van der Waals surface area (Å²) in [6.45, 7) is 3.47. The van der Waals surface area contributed by atoms with Gasteiger partial charge >= 0.3 is 13.8 Å². The molecule has 0 rings (SSSR count). The van der Waals surface area contributed by atoms with Gasteiger partial charge in [-0.05, 0) is 38.5 Å². The molecule has 10 heteroatoms. The van der Waals surface area contributed by atoms with E-state index >= 15 is 0 Å². The van der Waals surface area contributed by atoms with Crippen molar-refractivity contribution < 1.29 is 37.9 Å². The molecule has 0 aromatic rings. The zero-order chi connectivity index (χ0) is 34.0. The van der Waals surface area contributed by atoms with Gasteiger partial charge in [0.1, 0.15) is 12.7 Å². The van der Waals surface area contributed by atoms with Crippen LogP contribution in [-0.2, 0) is 27.9 Å². The Hall–Kier alpha value is -1.25. The number of carbonyl (C=O) groups is 2. The SMILES string of the molecule is CCCCCCCC/C=C/CCCCCCCCCCCC(=O)NCCOP(=O)(O)OCC(O)COC(=O)CCCCCCCC. The summed E-state index contributed by atoms with van der Waals surface area (Å²) in [6, 6.07) is 0. The maximum atomic E-state index is 12.0. The van der Waals surface area contributed by atoms with Gasteiger partial charge in [-0.1, -0.05) is 135 Å². The summed E-state index contributed by atoms with van der Waals surface area (Å²) < 4.78 is 26.6. The fourth-order valence-electron chi connectivity index (χ4n) is 5.08. The topological polar surface area (TPSA) is 131 Å². The summed E-state index contributed by atoms with van der Waals surface area (Å²) in [7, 11) is -4.40. The molecule has 272 valence electrons. The lowest BCUT2D eigenvalue weighted by molar-refractivity contribution is -0.147. The van der Waals surface area contributed by atoms with Gasteiger partial charge < -0.3 is 20.1 Å². The molecule has 0 saturated heterocycles. The summed E-state index contributed by atoms with van der Waals surface area (Å²) in [5.74, 6) is -0.524. The number of carbonyl (C=O) groups excluding carboxylic acids is 2. The fourth-order valence-corrected chi connectivity index (χ4v) is 5.84. The number of ether oxygens (including phenoxy) is 1. The number of rotatable bonds is 35. The van der Waals surface area contributed by atoms with Gasteiger partial charge in [-0.25, -0.2) is 4.57 Å². The van der Waals surface area contributed by atoms with Crippen LogP contribution in [-0.4, -0.2) is 54.3 Å². The zero-order valence-electron chi connectivity index (χ0n) is 29.5. The molecular formula is C36H70NO8P. The van der Waals surface area contributed by atoms with Crippen LogP contribution < -0.4 is 5.32 Å². The van der Waals surface area contributed by atoms with Crippen molar-refractivity contribution in [2.45, 2.75) is 180 Å². The smallest absolute Gasteiger partial charge is 0.463 e. The first-order valence-electron chi connectivity index (χ1n) is 18.7. The minimum absolute atomic E-state index is 0.0836. The summed E-state index contributed by atoms with van der Waals surface area (Å²) in [5.41, 5.74) is 0. The molecule has 46 heavy (non-hydrogen) atoms. The van der Waals surface area contributed by atoms with Gasteiger partial charge in [-0.15, -0.1) is 0 Å². The molecule has 0 spiro atoms. The summed E-state index contributed by atoms with van der Waals surface area (Å²) in [4.78, 5) is 33.5. The van der Waals surface area contributed by atoms with E-state index in [1.807, 2.05) is 0 Å². The van der Waals surface area contributed by atoms with Gasteiger partial charge in [0.15, 0.2) is 0 Å². The van der Waals surface area contributed by atoms with Crippen molar-refractivity contribution in [1.29, 1.82) is 0 Å². The van der Waals surface area contributed by atoms with Gasteiger partial charge in [-0.3, -0.25) is 18.6 Å². The van der Waals surface area contributed by atoms with E-state index in [2.05, 4.69) is 31.3 Å². The highest BCUT2D eigenvalue weighted by atomic mass is 31.2. The Labute approximate surface area is 281 Å². The first kappa shape index (κ1) is 44.8. The Morgan fingerprint density at radius 3 is 1.63 bits per heavy atom. The number of aliphatic hydroxyl groups is 1. The molecule has 2 atom stereocenters. The summed E-state index contributed by atoms with van der Waals surface area (Å²) in [6.07, 6.45) is 31.7. The van der Waals surface area contributed by atoms with Crippen molar-refractivity contribution in [3.05, 3.63) is 12.2 Å². The number of phosphoric acid groups is 1. The molecule has 9 nitrogen and oxygen atoms in total. The van der Waals surface area contributed by atoms with E-state index in [1.54, 1.807) is 0 Å². The third-order valence-electron chi connectivity index (χ3n) is 7.95. The van der Waals surface area contributed by atoms with E-state index in [-0.39, 0.29) is 32.1 Å². The van der Waals surface area contributed by atoms with E-state index in [1.165, 1.54) is 103 Å². The number of aliphatic hydroxyl groups excluding tert-OH is 1. The van der Waals surface area contributed by atoms with Crippen LogP contribution in [0.4, 0.5) is 0 Å². The molecule has 1 amide bonds. The van der Waals surface area contributed by atoms with Gasteiger partial charge in [0.05, 0.1) is 13.2 Å². The number of unbranched alkanes of at least 4 members (excludes halogenated alkanes) is 20. The van der Waals surface area contributed by atoms with E-state index in [9.17, 15) is 24.2 Å². The standard InChI is InChI=1S/C36H70NO8P/c1-3-5-7-9-11-12-13-14-15-16-17-18-19-20-21-22-23-24-26-28-35(39)37-30-31-44-46(41,42)45-33-34(38)32-43-36(40)29-27-25-10-8-6-4-2/h14-15,34,38H,3-13,16-33H2,1-2H3,(H,37,39)(H,41,42)/b15-14+. The predicted molar refractivity (Wildman–Crippen MR) is 188 cm³/mol. The van der Waals surface area contributed by atoms with E-state index < -0.39 is 26.5 Å². The van der Waals surface area contributed by atoms with Crippen LogP contribution in [0.2, 0.25) is 0 Å². The van der Waals surface area contributed by atoms with Crippen LogP contribution in [0.3, 0.4) is 0 Å². The number of phosphoric ester groups is 1. The van der Waals surface area contributed by atoms with Crippen molar-refractivity contribution >= 4 is 19.7 Å². The minimum Gasteiger partial charge on any atom is -0.463 e. The second kappa shape index (κ2) is 33.6. The Balaban J connectivity index is 3.56. The summed E-state index contributed by atoms with van der Waals surface area (Å²) >= 11 is 0. The van der Waals surface area contributed by atoms with E-state index in [0.717, 1.165) is 44.9 Å². The normalized spacial score (nSPS) is 13.6. The first-order chi connectivity index (χ1) is 22.3. The Morgan fingerprint density at radius 2 is 1.11 bits per heavy atom. The largest absolute Gasteiger partial charge is 0.472 e. The predicted octanol–water partition coefficient (Wildman–Crippen LogP) is 9.49. The number of nitrogens with one attached hydrogen (secondary N) is 1. The van der Waals surface area contributed by atoms with Gasteiger partial charge in [-0.2, -0.15) is 0 Å². The zero-order valence-corrected chi connectivity index (χ0v) is 30.4. The van der Waals surface area contributed by atoms with Gasteiger partial charge in [0.2, 0.25) is 5.91 Å². The minimum atomic E-state index is -4.40. The number of hydrogen-bond donors (Lipinski definition) is 3. The second-order valence-electron chi connectivity index (χ2n) is 12.6. The average molecular weight is 676 g/mol. The van der Waals surface area contributed by atoms with Crippen molar-refractivity contribution in [2.75, 3.05) is 26.4 Å². The highest BCUT2D eigenvalue weighted by molar-refractivity contribution is 7.47. The fraction of sp³-hybridized carbons (Fsp3) is 0.889. The summed E-state index contributed by atoms with van der Waals surface area (Å²) in [5, 5.41) is 12.6. The average Bonchev–Trinajstić information content (AvgIpc) is 3.04. The van der Waals surface area contributed by atoms with Crippen LogP contribution in [0.5, 0.6) is 0 Å². The second-order valence-corrected chi connectivity index (χ2v) is 14.0. The molecule has 0 aromatic carbocycles. The maximum Gasteiger partial charge on any atom is 0.472 e. The highest BCUT2D eigenvalue weighted by Crippen LogP contribution is 2.42. The van der Waals surface area contributed by atoms with Crippen LogP contribution in [0.25, 0.3) is 0 Å². The number of allylic oxidation sites excluding steroid dienone is 2. The molecule has 0 aliphatic heterocycles. The number of amides is 1. The lowest BCUT2D eigenvalue weighted by atomic mass is 10.1. The molecule has 0 saturated carbocycles. The monoisotopic (exact) mass is 675 g/mol. The van der Waals surface area contributed by atoms with Crippen LogP contribution in [0.15, 0.2) is 12.2 Å². The molecule has 0 aliphatic carbocycles. The lowest BCUT2D eigenvalue weighted by Gasteiger charge is -2.15. The molecule has 0 aromatic heterocycles. The van der Waals surface area contributed by atoms with E-state index in [0.29, 0.717) is 6.42 Å². The maximum absolute atomic E-state index is 12.0. The molecule has 0 fully saturated rings. The molecule has 3 N–H and O–H groups in total. The van der Waals surface area contributed by atoms with Gasteiger partial charge in [0, 0.05) is 19.4 Å². The molecule has 0 aliphatic rings. The Bertz CT molecular complexity index is 779. The Morgan fingerprint density at radius 1 is 0.652 bits per heavy atom. The molecular weight excluding hydrogens is 605 g/mol. The molecule has 0 bridgehead atoms. The van der Waals surface area contributed by atoms with Crippen molar-refractivity contribution in [1.82, 2.24) is 5.32 Å². The van der Waals surface area contributed by atoms with E-state index in [4.69, 9.17) is 13.8 Å². The highest BCUT2D eigenvalue weighted by Gasteiger charge is 2.23. The number of esters is 1. The Kier molecular flexibility index (Phi) is 32.7. The van der Waals surface area contributed by atoms with Crippen LogP contribution in [0.1, 0.15) is 174 Å². The van der Waals surface area contributed by atoms with Crippen molar-refractivity contribution in [3.8, 4) is 0 Å². The van der Waals surface area contributed by atoms with Crippen LogP contribution in [0, 0.1) is 0 Å². The van der Waals surface area contributed by atoms with Crippen molar-refractivity contribution in [2.24, 2.45) is 0 Å². The number of hydrogen-bond acceptors (Lipinski definition) is 7. The molecule has 2 unspecified atom stereocenters. The molecule has 0 heterocycles. The van der Waals surface area contributed by atoms with Crippen molar-refractivity contribution in [3.63, 3.8) is 0 Å². The van der Waals surface area contributed by atoms with Gasteiger partial charge in [0.25, 0.3) is 0 Å². The van der Waals surface area contributed by atoms with Crippen LogP contribution >= 0.6 is 7.82 Å². The molecule has 0 radical (unpaired) electrons. The third-order valence-corrected chi connectivity index (χ3v) is 8.93. The first-order valence-corrected chi connectivity index (χ1v) is 20.2. The third kappa shape index (κ3) is 34.1. The lowest BCUT2D eigenvalue weighted by Crippen LogP contribution is -2.27.